The third kappa shape index (κ3) is 4.48. The highest BCUT2D eigenvalue weighted by Crippen LogP contribution is 2.31. The number of carbonyl (C=O) groups excluding carboxylic acids is 1. The molecule has 1 aromatic carbocycles. The maximum atomic E-state index is 12.2. The molecular formula is C18H24N2O5. The number of esters is 1. The van der Waals surface area contributed by atoms with Gasteiger partial charge in [0, 0.05) is 25.8 Å². The van der Waals surface area contributed by atoms with Crippen LogP contribution in [0.15, 0.2) is 18.2 Å². The molecule has 0 unspecified atom stereocenters. The quantitative estimate of drug-likeness (QED) is 0.461. The second-order valence-corrected chi connectivity index (χ2v) is 6.60. The molecule has 2 heterocycles. The third-order valence-electron chi connectivity index (χ3n) is 4.78. The molecule has 25 heavy (non-hydrogen) atoms. The Bertz CT molecular complexity index is 620. The summed E-state index contributed by atoms with van der Waals surface area (Å²) in [7, 11) is 0. The van der Waals surface area contributed by atoms with Crippen molar-refractivity contribution in [1.29, 1.82) is 0 Å². The van der Waals surface area contributed by atoms with E-state index in [9.17, 15) is 14.9 Å². The highest BCUT2D eigenvalue weighted by atomic mass is 16.6. The summed E-state index contributed by atoms with van der Waals surface area (Å²) < 4.78 is 10.7. The number of nitro groups is 1. The average Bonchev–Trinajstić information content (AvgIpc) is 2.99. The molecule has 1 atom stereocenters. The van der Waals surface area contributed by atoms with Crippen molar-refractivity contribution >= 4 is 17.3 Å². The van der Waals surface area contributed by atoms with E-state index in [0.29, 0.717) is 12.3 Å². The Morgan fingerprint density at radius 1 is 1.24 bits per heavy atom. The maximum Gasteiger partial charge on any atom is 0.338 e. The van der Waals surface area contributed by atoms with E-state index >= 15 is 0 Å². The number of anilines is 1. The number of benzene rings is 1. The van der Waals surface area contributed by atoms with Crippen LogP contribution in [0.4, 0.5) is 11.4 Å². The Balaban J connectivity index is 1.73. The number of hydrogen-bond acceptors (Lipinski definition) is 6. The molecule has 0 bridgehead atoms. The molecule has 2 aliphatic heterocycles. The van der Waals surface area contributed by atoms with E-state index in [1.165, 1.54) is 6.07 Å². The smallest absolute Gasteiger partial charge is 0.338 e. The van der Waals surface area contributed by atoms with Crippen LogP contribution in [-0.2, 0) is 9.47 Å². The van der Waals surface area contributed by atoms with Crippen LogP contribution in [0.2, 0.25) is 0 Å². The summed E-state index contributed by atoms with van der Waals surface area (Å²) in [4.78, 5) is 25.3. The number of ether oxygens (including phenoxy) is 2. The van der Waals surface area contributed by atoms with Gasteiger partial charge in [-0.3, -0.25) is 10.1 Å². The summed E-state index contributed by atoms with van der Waals surface area (Å²) in [5, 5.41) is 11.5. The zero-order valence-corrected chi connectivity index (χ0v) is 14.3. The van der Waals surface area contributed by atoms with E-state index in [1.54, 1.807) is 12.1 Å². The predicted molar refractivity (Wildman–Crippen MR) is 93.0 cm³/mol. The fraction of sp³-hybridized carbons (Fsp3) is 0.611. The van der Waals surface area contributed by atoms with Crippen LogP contribution >= 0.6 is 0 Å². The third-order valence-corrected chi connectivity index (χ3v) is 4.78. The summed E-state index contributed by atoms with van der Waals surface area (Å²) >= 11 is 0. The van der Waals surface area contributed by atoms with Crippen molar-refractivity contribution < 1.29 is 19.2 Å². The van der Waals surface area contributed by atoms with Crippen molar-refractivity contribution in [3.8, 4) is 0 Å². The van der Waals surface area contributed by atoms with Gasteiger partial charge in [-0.25, -0.2) is 4.79 Å². The molecule has 0 aromatic heterocycles. The van der Waals surface area contributed by atoms with Crippen molar-refractivity contribution in [2.75, 3.05) is 31.2 Å². The number of nitrogens with zero attached hydrogens (tertiary/aromatic N) is 2. The van der Waals surface area contributed by atoms with Gasteiger partial charge in [-0.05, 0) is 37.8 Å². The van der Waals surface area contributed by atoms with Gasteiger partial charge in [-0.2, -0.15) is 0 Å². The Kier molecular flexibility index (Phi) is 5.86. The Morgan fingerprint density at radius 2 is 2.00 bits per heavy atom. The van der Waals surface area contributed by atoms with Gasteiger partial charge < -0.3 is 14.4 Å². The second kappa shape index (κ2) is 8.29. The summed E-state index contributed by atoms with van der Waals surface area (Å²) in [5.74, 6) is -0.541. The van der Waals surface area contributed by atoms with Crippen LogP contribution in [0, 0.1) is 10.1 Å². The minimum absolute atomic E-state index is 0.0338. The summed E-state index contributed by atoms with van der Waals surface area (Å²) in [6, 6.07) is 4.62. The lowest BCUT2D eigenvalue weighted by molar-refractivity contribution is -0.384. The van der Waals surface area contributed by atoms with Crippen molar-refractivity contribution in [1.82, 2.24) is 0 Å². The Morgan fingerprint density at radius 3 is 2.64 bits per heavy atom. The normalized spacial score (nSPS) is 21.0. The van der Waals surface area contributed by atoms with Crippen LogP contribution in [-0.4, -0.2) is 43.3 Å². The molecular weight excluding hydrogens is 324 g/mol. The average molecular weight is 348 g/mol. The van der Waals surface area contributed by atoms with Gasteiger partial charge in [0.1, 0.15) is 12.3 Å². The molecule has 0 aliphatic carbocycles. The molecule has 2 fully saturated rings. The summed E-state index contributed by atoms with van der Waals surface area (Å²) in [6.07, 6.45) is 6.15. The van der Waals surface area contributed by atoms with E-state index in [1.807, 2.05) is 4.90 Å². The van der Waals surface area contributed by atoms with E-state index < -0.39 is 10.9 Å². The molecule has 0 saturated carbocycles. The van der Waals surface area contributed by atoms with Gasteiger partial charge in [0.05, 0.1) is 16.6 Å². The number of hydrogen-bond donors (Lipinski definition) is 0. The molecule has 7 heteroatoms. The van der Waals surface area contributed by atoms with Gasteiger partial charge in [0.2, 0.25) is 0 Å². The molecule has 7 nitrogen and oxygen atoms in total. The molecule has 2 aliphatic rings. The Labute approximate surface area is 147 Å². The fourth-order valence-electron chi connectivity index (χ4n) is 3.40. The van der Waals surface area contributed by atoms with Gasteiger partial charge in [-0.15, -0.1) is 0 Å². The molecule has 0 radical (unpaired) electrons. The molecule has 136 valence electrons. The number of carbonyl (C=O) groups is 1. The highest BCUT2D eigenvalue weighted by Gasteiger charge is 2.24. The lowest BCUT2D eigenvalue weighted by atomic mass is 10.1. The largest absolute Gasteiger partial charge is 0.459 e. The van der Waals surface area contributed by atoms with Crippen LogP contribution in [0.1, 0.15) is 48.9 Å². The molecule has 3 rings (SSSR count). The lowest BCUT2D eigenvalue weighted by Gasteiger charge is -2.22. The van der Waals surface area contributed by atoms with Crippen LogP contribution in [0.25, 0.3) is 0 Å². The molecule has 2 saturated heterocycles. The first-order chi connectivity index (χ1) is 12.1. The zero-order valence-electron chi connectivity index (χ0n) is 14.3. The van der Waals surface area contributed by atoms with Crippen molar-refractivity contribution in [3.63, 3.8) is 0 Å². The first-order valence-electron chi connectivity index (χ1n) is 8.97. The van der Waals surface area contributed by atoms with Gasteiger partial charge in [0.15, 0.2) is 0 Å². The Hall–Kier alpha value is -2.15. The standard InChI is InChI=1S/C18H24N2O5/c21-18(25-13-15-6-5-11-24-15)14-7-8-16(17(12-14)20(22)23)19-9-3-1-2-4-10-19/h7-8,12,15H,1-6,9-11,13H2/t15-/m0/s1. The topological polar surface area (TPSA) is 81.9 Å². The van der Waals surface area contributed by atoms with E-state index in [-0.39, 0.29) is 24.0 Å². The zero-order chi connectivity index (χ0) is 17.6. The maximum absolute atomic E-state index is 12.2. The molecule has 1 aromatic rings. The minimum atomic E-state index is -0.541. The first-order valence-corrected chi connectivity index (χ1v) is 8.97. The van der Waals surface area contributed by atoms with Gasteiger partial charge >= 0.3 is 5.97 Å². The van der Waals surface area contributed by atoms with Crippen molar-refractivity contribution in [2.24, 2.45) is 0 Å². The lowest BCUT2D eigenvalue weighted by Crippen LogP contribution is -2.25. The summed E-state index contributed by atoms with van der Waals surface area (Å²) in [6.45, 7) is 2.51. The molecule has 0 spiro atoms. The second-order valence-electron chi connectivity index (χ2n) is 6.60. The van der Waals surface area contributed by atoms with Gasteiger partial charge in [0.25, 0.3) is 5.69 Å². The first kappa shape index (κ1) is 17.7. The van der Waals surface area contributed by atoms with E-state index in [4.69, 9.17) is 9.47 Å². The van der Waals surface area contributed by atoms with E-state index in [2.05, 4.69) is 0 Å². The highest BCUT2D eigenvalue weighted by molar-refractivity contribution is 5.91. The van der Waals surface area contributed by atoms with Crippen LogP contribution < -0.4 is 4.90 Å². The van der Waals surface area contributed by atoms with Crippen molar-refractivity contribution in [2.45, 2.75) is 44.6 Å². The molecule has 0 N–H and O–H groups in total. The molecule has 0 amide bonds. The van der Waals surface area contributed by atoms with Gasteiger partial charge in [-0.1, -0.05) is 12.8 Å². The summed E-state index contributed by atoms with van der Waals surface area (Å²) in [5.41, 5.74) is 0.763. The SMILES string of the molecule is O=C(OC[C@@H]1CCCO1)c1ccc(N2CCCCCC2)c([N+](=O)[O-])c1. The minimum Gasteiger partial charge on any atom is -0.459 e. The van der Waals surface area contributed by atoms with Crippen LogP contribution in [0.5, 0.6) is 0 Å². The predicted octanol–water partition coefficient (Wildman–Crippen LogP) is 3.31. The van der Waals surface area contributed by atoms with Crippen LogP contribution in [0.3, 0.4) is 0 Å². The fourth-order valence-corrected chi connectivity index (χ4v) is 3.40. The number of nitro benzene ring substituents is 1. The van der Waals surface area contributed by atoms with E-state index in [0.717, 1.165) is 51.6 Å². The van der Waals surface area contributed by atoms with Crippen molar-refractivity contribution in [3.05, 3.63) is 33.9 Å². The monoisotopic (exact) mass is 348 g/mol. The number of rotatable bonds is 5.